The summed E-state index contributed by atoms with van der Waals surface area (Å²) in [5.74, 6) is -0.531. The van der Waals surface area contributed by atoms with Crippen LogP contribution in [0.5, 0.6) is 0 Å². The molecule has 5 nitrogen and oxygen atoms in total. The highest BCUT2D eigenvalue weighted by Crippen LogP contribution is 2.36. The van der Waals surface area contributed by atoms with Crippen molar-refractivity contribution in [1.29, 1.82) is 0 Å². The van der Waals surface area contributed by atoms with E-state index in [0.29, 0.717) is 27.9 Å². The number of anilines is 1. The Morgan fingerprint density at radius 1 is 0.724 bits per heavy atom. The molecule has 144 valence electrons. The Balaban J connectivity index is 1.52. The summed E-state index contributed by atoms with van der Waals surface area (Å²) in [5, 5.41) is 5.63. The van der Waals surface area contributed by atoms with Gasteiger partial charge in [-0.2, -0.15) is 0 Å². The smallest absolute Gasteiger partial charge is 0.255 e. The first-order valence-corrected chi connectivity index (χ1v) is 9.44. The molecule has 1 aliphatic carbocycles. The molecule has 0 bridgehead atoms. The summed E-state index contributed by atoms with van der Waals surface area (Å²) < 4.78 is 0. The zero-order chi connectivity index (χ0) is 20.5. The maximum atomic E-state index is 12.7. The van der Waals surface area contributed by atoms with Crippen LogP contribution in [0.1, 0.15) is 50.5 Å². The number of carbonyl (C=O) groups is 3. The number of nitrogens with one attached hydrogen (secondary N) is 2. The number of carbonyl (C=O) groups excluding carboxylic acids is 3. The van der Waals surface area contributed by atoms with Gasteiger partial charge in [-0.15, -0.1) is 0 Å². The molecule has 0 unspecified atom stereocenters. The number of fused-ring (bicyclic) bond motifs is 3. The monoisotopic (exact) mass is 384 g/mol. The van der Waals surface area contributed by atoms with Gasteiger partial charge in [0.15, 0.2) is 5.78 Å². The van der Waals surface area contributed by atoms with Crippen LogP contribution in [0, 0.1) is 0 Å². The van der Waals surface area contributed by atoms with Crippen molar-refractivity contribution in [1.82, 2.24) is 5.32 Å². The molecule has 0 heterocycles. The summed E-state index contributed by atoms with van der Waals surface area (Å²) >= 11 is 0. The van der Waals surface area contributed by atoms with Crippen LogP contribution in [0.25, 0.3) is 11.1 Å². The van der Waals surface area contributed by atoms with Gasteiger partial charge in [0.05, 0.1) is 0 Å². The van der Waals surface area contributed by atoms with Crippen molar-refractivity contribution in [3.63, 3.8) is 0 Å². The van der Waals surface area contributed by atoms with Crippen LogP contribution in [0.2, 0.25) is 0 Å². The van der Waals surface area contributed by atoms with Gasteiger partial charge in [0, 0.05) is 34.0 Å². The van der Waals surface area contributed by atoms with E-state index in [1.165, 1.54) is 0 Å². The zero-order valence-electron chi connectivity index (χ0n) is 16.2. The third-order valence-corrected chi connectivity index (χ3v) is 4.81. The van der Waals surface area contributed by atoms with E-state index in [1.54, 1.807) is 42.5 Å². The first-order valence-electron chi connectivity index (χ1n) is 9.44. The lowest BCUT2D eigenvalue weighted by Crippen LogP contribution is -2.30. The average molecular weight is 384 g/mol. The molecule has 3 aromatic carbocycles. The molecule has 0 spiro atoms. The van der Waals surface area contributed by atoms with Gasteiger partial charge in [-0.1, -0.05) is 30.3 Å². The van der Waals surface area contributed by atoms with Gasteiger partial charge >= 0.3 is 0 Å². The SMILES string of the molecule is CC(C)NC(=O)c1ccc(NC(=O)c2ccc3c(c2)C(=O)c2ccccc2-3)cc1. The van der Waals surface area contributed by atoms with Crippen LogP contribution in [0.15, 0.2) is 66.7 Å². The molecule has 0 atom stereocenters. The Kier molecular flexibility index (Phi) is 4.72. The molecule has 0 radical (unpaired) electrons. The molecule has 0 fully saturated rings. The second-order valence-electron chi connectivity index (χ2n) is 7.29. The van der Waals surface area contributed by atoms with Gasteiger partial charge in [-0.05, 0) is 61.4 Å². The number of hydrogen-bond acceptors (Lipinski definition) is 3. The Hall–Kier alpha value is -3.73. The standard InChI is InChI=1S/C24H20N2O3/c1-14(2)25-23(28)15-7-10-17(11-8-15)26-24(29)16-9-12-19-18-5-3-4-6-20(18)22(27)21(19)13-16/h3-14H,1-2H3,(H,25,28)(H,26,29). The lowest BCUT2D eigenvalue weighted by atomic mass is 10.0. The fourth-order valence-electron chi connectivity index (χ4n) is 3.42. The predicted octanol–water partition coefficient (Wildman–Crippen LogP) is 4.29. The van der Waals surface area contributed by atoms with Crippen molar-refractivity contribution < 1.29 is 14.4 Å². The van der Waals surface area contributed by atoms with Crippen molar-refractivity contribution in [2.24, 2.45) is 0 Å². The van der Waals surface area contributed by atoms with E-state index >= 15 is 0 Å². The van der Waals surface area contributed by atoms with E-state index in [4.69, 9.17) is 0 Å². The van der Waals surface area contributed by atoms with Gasteiger partial charge < -0.3 is 10.6 Å². The fraction of sp³-hybridized carbons (Fsp3) is 0.125. The summed E-state index contributed by atoms with van der Waals surface area (Å²) in [5.41, 5.74) is 4.46. The largest absolute Gasteiger partial charge is 0.350 e. The fourth-order valence-corrected chi connectivity index (χ4v) is 3.42. The maximum Gasteiger partial charge on any atom is 0.255 e. The minimum Gasteiger partial charge on any atom is -0.350 e. The predicted molar refractivity (Wildman–Crippen MR) is 112 cm³/mol. The van der Waals surface area contributed by atoms with E-state index in [2.05, 4.69) is 10.6 Å². The van der Waals surface area contributed by atoms with Gasteiger partial charge in [-0.25, -0.2) is 0 Å². The Bertz CT molecular complexity index is 1130. The molecule has 2 amide bonds. The van der Waals surface area contributed by atoms with E-state index in [1.807, 2.05) is 38.1 Å². The number of hydrogen-bond donors (Lipinski definition) is 2. The second kappa shape index (κ2) is 7.36. The molecule has 1 aliphatic rings. The molecule has 0 saturated heterocycles. The van der Waals surface area contributed by atoms with Gasteiger partial charge in [-0.3, -0.25) is 14.4 Å². The van der Waals surface area contributed by atoms with Crippen LogP contribution in [-0.4, -0.2) is 23.6 Å². The Morgan fingerprint density at radius 3 is 2.03 bits per heavy atom. The van der Waals surface area contributed by atoms with Crippen molar-refractivity contribution in [3.05, 3.63) is 89.0 Å². The number of rotatable bonds is 4. The lowest BCUT2D eigenvalue weighted by molar-refractivity contribution is 0.0942. The van der Waals surface area contributed by atoms with E-state index in [9.17, 15) is 14.4 Å². The molecule has 0 saturated carbocycles. The molecule has 5 heteroatoms. The zero-order valence-corrected chi connectivity index (χ0v) is 16.2. The summed E-state index contributed by atoms with van der Waals surface area (Å²) in [6.07, 6.45) is 0. The van der Waals surface area contributed by atoms with Crippen molar-refractivity contribution in [2.75, 3.05) is 5.32 Å². The van der Waals surface area contributed by atoms with Crippen LogP contribution in [0.3, 0.4) is 0 Å². The normalized spacial score (nSPS) is 11.8. The Morgan fingerprint density at radius 2 is 1.34 bits per heavy atom. The average Bonchev–Trinajstić information content (AvgIpc) is 3.00. The van der Waals surface area contributed by atoms with E-state index in [0.717, 1.165) is 11.1 Å². The first-order chi connectivity index (χ1) is 13.9. The minimum absolute atomic E-state index is 0.0514. The number of amides is 2. The van der Waals surface area contributed by atoms with Crippen molar-refractivity contribution >= 4 is 23.3 Å². The molecular weight excluding hydrogens is 364 g/mol. The van der Waals surface area contributed by atoms with Crippen LogP contribution >= 0.6 is 0 Å². The molecule has 29 heavy (non-hydrogen) atoms. The van der Waals surface area contributed by atoms with Gasteiger partial charge in [0.1, 0.15) is 0 Å². The third kappa shape index (κ3) is 3.55. The molecular formula is C24H20N2O3. The minimum atomic E-state index is -0.309. The molecule has 0 aromatic heterocycles. The lowest BCUT2D eigenvalue weighted by Gasteiger charge is -2.10. The van der Waals surface area contributed by atoms with Gasteiger partial charge in [0.2, 0.25) is 0 Å². The second-order valence-corrected chi connectivity index (χ2v) is 7.29. The summed E-state index contributed by atoms with van der Waals surface area (Å²) in [6.45, 7) is 3.79. The highest BCUT2D eigenvalue weighted by molar-refractivity contribution is 6.22. The van der Waals surface area contributed by atoms with E-state index < -0.39 is 0 Å². The highest BCUT2D eigenvalue weighted by atomic mass is 16.2. The summed E-state index contributed by atoms with van der Waals surface area (Å²) in [6, 6.07) is 19.3. The van der Waals surface area contributed by atoms with Gasteiger partial charge in [0.25, 0.3) is 11.8 Å². The van der Waals surface area contributed by atoms with E-state index in [-0.39, 0.29) is 23.6 Å². The topological polar surface area (TPSA) is 75.3 Å². The van der Waals surface area contributed by atoms with Crippen molar-refractivity contribution in [3.8, 4) is 11.1 Å². The molecule has 2 N–H and O–H groups in total. The molecule has 4 rings (SSSR count). The van der Waals surface area contributed by atoms with Crippen LogP contribution in [-0.2, 0) is 0 Å². The molecule has 0 aliphatic heterocycles. The first kappa shape index (κ1) is 18.6. The Labute approximate surface area is 168 Å². The number of ketones is 1. The quantitative estimate of drug-likeness (QED) is 0.551. The summed E-state index contributed by atoms with van der Waals surface area (Å²) in [4.78, 5) is 37.3. The number of benzene rings is 3. The van der Waals surface area contributed by atoms with Crippen molar-refractivity contribution in [2.45, 2.75) is 19.9 Å². The third-order valence-electron chi connectivity index (χ3n) is 4.81. The maximum absolute atomic E-state index is 12.7. The van der Waals surface area contributed by atoms with Crippen LogP contribution in [0.4, 0.5) is 5.69 Å². The van der Waals surface area contributed by atoms with Crippen LogP contribution < -0.4 is 10.6 Å². The highest BCUT2D eigenvalue weighted by Gasteiger charge is 2.27. The molecule has 3 aromatic rings. The summed E-state index contributed by atoms with van der Waals surface area (Å²) in [7, 11) is 0.